The second kappa shape index (κ2) is 12.4. The molecule has 0 spiro atoms. The highest BCUT2D eigenvalue weighted by atomic mass is 19.4. The Hall–Kier alpha value is -3.64. The van der Waals surface area contributed by atoms with Crippen LogP contribution in [0.15, 0.2) is 18.2 Å². The van der Waals surface area contributed by atoms with Gasteiger partial charge in [-0.05, 0) is 74.3 Å². The number of aromatic nitrogens is 2. The Bertz CT molecular complexity index is 1540. The molecular formula is C34H43F3N4O6. The van der Waals surface area contributed by atoms with E-state index in [1.807, 2.05) is 0 Å². The summed E-state index contributed by atoms with van der Waals surface area (Å²) in [4.78, 5) is 50.7. The van der Waals surface area contributed by atoms with Crippen LogP contribution in [0.1, 0.15) is 71.9 Å². The van der Waals surface area contributed by atoms with Crippen molar-refractivity contribution in [3.63, 3.8) is 0 Å². The van der Waals surface area contributed by atoms with Crippen molar-refractivity contribution in [1.29, 1.82) is 0 Å². The Morgan fingerprint density at radius 1 is 1.00 bits per heavy atom. The maximum absolute atomic E-state index is 14.9. The van der Waals surface area contributed by atoms with Crippen molar-refractivity contribution in [2.75, 3.05) is 13.7 Å². The number of hydrogen-bond donors (Lipinski definition) is 1. The van der Waals surface area contributed by atoms with Gasteiger partial charge in [0, 0.05) is 6.07 Å². The molecule has 13 heteroatoms. The van der Waals surface area contributed by atoms with Crippen LogP contribution in [0.2, 0.25) is 0 Å². The summed E-state index contributed by atoms with van der Waals surface area (Å²) in [6, 6.07) is 1.98. The van der Waals surface area contributed by atoms with Crippen molar-refractivity contribution >= 4 is 28.8 Å². The van der Waals surface area contributed by atoms with Crippen LogP contribution in [-0.4, -0.2) is 76.8 Å². The maximum Gasteiger partial charge on any atom is 0.408 e. The molecule has 1 aromatic carbocycles. The number of alkyl carbamates (subject to hydrolysis) is 1. The predicted molar refractivity (Wildman–Crippen MR) is 165 cm³/mol. The van der Waals surface area contributed by atoms with Crippen LogP contribution in [0.4, 0.5) is 18.0 Å². The standard InChI is InChI=1S/C34H43F3N4O6/c1-17(42)28-27(34(35,36)37)26-16-41(28)31(43)29(33(2,3)4)40-32(44)47-25-14-18-13-21(18)20(25)9-7-6-8-10-23-30(46-26)39-24-15-19(45-5)11-12-22(24)38-23/h11-12,15,18,20-21,25-29H,6-10,13-14,16H2,1-5H3,(H,40,44)/t18?,20?,21?,25-,26+,27?,28-,29-/m1/s1. The Labute approximate surface area is 272 Å². The van der Waals surface area contributed by atoms with E-state index >= 15 is 0 Å². The first kappa shape index (κ1) is 33.3. The zero-order valence-electron chi connectivity index (χ0n) is 27.4. The van der Waals surface area contributed by atoms with E-state index in [-0.39, 0.29) is 17.9 Å². The van der Waals surface area contributed by atoms with Crippen molar-refractivity contribution < 1.29 is 41.8 Å². The number of nitrogens with zero attached hydrogens (tertiary/aromatic N) is 3. The molecule has 2 aliphatic carbocycles. The predicted octanol–water partition coefficient (Wildman–Crippen LogP) is 5.65. The number of hydrogen-bond acceptors (Lipinski definition) is 8. The number of fused-ring (bicyclic) bond motifs is 7. The highest BCUT2D eigenvalue weighted by Crippen LogP contribution is 2.57. The van der Waals surface area contributed by atoms with E-state index in [4.69, 9.17) is 19.2 Å². The summed E-state index contributed by atoms with van der Waals surface area (Å²) >= 11 is 0. The molecule has 256 valence electrons. The summed E-state index contributed by atoms with van der Waals surface area (Å²) in [6.45, 7) is 5.61. The Morgan fingerprint density at radius 3 is 2.45 bits per heavy atom. The van der Waals surface area contributed by atoms with E-state index in [0.29, 0.717) is 47.2 Å². The van der Waals surface area contributed by atoms with Crippen LogP contribution >= 0.6 is 0 Å². The van der Waals surface area contributed by atoms with Crippen molar-refractivity contribution in [1.82, 2.24) is 20.2 Å². The lowest BCUT2D eigenvalue weighted by molar-refractivity contribution is -0.196. The number of carbonyl (C=O) groups is 3. The molecule has 2 aromatic rings. The number of amides is 2. The molecule has 8 atom stereocenters. The quantitative estimate of drug-likeness (QED) is 0.439. The van der Waals surface area contributed by atoms with Crippen LogP contribution in [0.25, 0.3) is 11.0 Å². The van der Waals surface area contributed by atoms with Gasteiger partial charge < -0.3 is 24.4 Å². The van der Waals surface area contributed by atoms with Gasteiger partial charge in [-0.15, -0.1) is 0 Å². The van der Waals surface area contributed by atoms with E-state index in [1.165, 1.54) is 7.11 Å². The molecule has 1 N–H and O–H groups in total. The second-order valence-corrected chi connectivity index (χ2v) is 14.6. The lowest BCUT2D eigenvalue weighted by Crippen LogP contribution is -2.58. The number of alkyl halides is 3. The molecule has 4 aliphatic rings. The molecule has 2 aliphatic heterocycles. The van der Waals surface area contributed by atoms with Crippen molar-refractivity contribution in [2.45, 2.75) is 103 Å². The average molecular weight is 661 g/mol. The Balaban J connectivity index is 1.41. The fourth-order valence-electron chi connectivity index (χ4n) is 7.90. The van der Waals surface area contributed by atoms with Gasteiger partial charge in [-0.25, -0.2) is 14.8 Å². The molecule has 6 rings (SSSR count). The van der Waals surface area contributed by atoms with Gasteiger partial charge in [-0.3, -0.25) is 9.59 Å². The molecular weight excluding hydrogens is 617 g/mol. The molecule has 2 saturated carbocycles. The third-order valence-corrected chi connectivity index (χ3v) is 10.3. The van der Waals surface area contributed by atoms with Crippen LogP contribution in [0, 0.1) is 29.1 Å². The number of benzene rings is 1. The third kappa shape index (κ3) is 6.72. The van der Waals surface area contributed by atoms with E-state index in [9.17, 15) is 27.6 Å². The van der Waals surface area contributed by atoms with Gasteiger partial charge in [0.15, 0.2) is 5.78 Å². The SMILES string of the molecule is COc1ccc2nc3c(nc2c1)O[C@H]1CN(C(=O)[C@H](C(C)(C)C)NC(=O)O[C@@H]2CC4CC4C2CCCCC3)[C@H](C(C)=O)C1C(F)(F)F. The zero-order valence-corrected chi connectivity index (χ0v) is 27.4. The Kier molecular flexibility index (Phi) is 8.80. The summed E-state index contributed by atoms with van der Waals surface area (Å²) in [5.41, 5.74) is 0.419. The summed E-state index contributed by atoms with van der Waals surface area (Å²) in [6.07, 6.45) is -2.00. The maximum atomic E-state index is 14.9. The molecule has 3 fully saturated rings. The van der Waals surface area contributed by atoms with Gasteiger partial charge in [-0.1, -0.05) is 33.6 Å². The third-order valence-electron chi connectivity index (χ3n) is 10.3. The number of nitrogens with one attached hydrogen (secondary N) is 1. The van der Waals surface area contributed by atoms with Crippen LogP contribution in [0.3, 0.4) is 0 Å². The first-order valence-corrected chi connectivity index (χ1v) is 16.5. The number of ketones is 1. The minimum Gasteiger partial charge on any atom is -0.497 e. The minimum absolute atomic E-state index is 0.0616. The Morgan fingerprint density at radius 2 is 1.77 bits per heavy atom. The largest absolute Gasteiger partial charge is 0.497 e. The van der Waals surface area contributed by atoms with Gasteiger partial charge in [0.1, 0.15) is 41.7 Å². The average Bonchev–Trinajstić information content (AvgIpc) is 3.50. The summed E-state index contributed by atoms with van der Waals surface area (Å²) in [5.74, 6) is -2.29. The highest BCUT2D eigenvalue weighted by molar-refractivity contribution is 5.92. The van der Waals surface area contributed by atoms with Gasteiger partial charge >= 0.3 is 12.3 Å². The van der Waals surface area contributed by atoms with Crippen molar-refractivity contribution in [2.24, 2.45) is 29.1 Å². The summed E-state index contributed by atoms with van der Waals surface area (Å²) in [7, 11) is 1.50. The summed E-state index contributed by atoms with van der Waals surface area (Å²) in [5, 5.41) is 2.68. The van der Waals surface area contributed by atoms with Crippen LogP contribution < -0.4 is 14.8 Å². The monoisotopic (exact) mass is 660 g/mol. The lowest BCUT2D eigenvalue weighted by Gasteiger charge is -2.36. The number of rotatable bonds is 2. The number of carbonyl (C=O) groups excluding carboxylic acids is 3. The molecule has 2 amide bonds. The van der Waals surface area contributed by atoms with E-state index in [0.717, 1.165) is 43.9 Å². The molecule has 2 bridgehead atoms. The summed E-state index contributed by atoms with van der Waals surface area (Å²) < 4.78 is 61.9. The van der Waals surface area contributed by atoms with Crippen LogP contribution in [0.5, 0.6) is 11.6 Å². The molecule has 4 unspecified atom stereocenters. The minimum atomic E-state index is -4.90. The van der Waals surface area contributed by atoms with Crippen molar-refractivity contribution in [3.05, 3.63) is 23.9 Å². The molecule has 3 heterocycles. The van der Waals surface area contributed by atoms with E-state index in [2.05, 4.69) is 10.3 Å². The smallest absolute Gasteiger partial charge is 0.408 e. The topological polar surface area (TPSA) is 120 Å². The normalized spacial score (nSPS) is 31.8. The van der Waals surface area contributed by atoms with Crippen LogP contribution in [-0.2, 0) is 20.7 Å². The van der Waals surface area contributed by atoms with Gasteiger partial charge in [0.25, 0.3) is 0 Å². The fourth-order valence-corrected chi connectivity index (χ4v) is 7.90. The first-order chi connectivity index (χ1) is 22.2. The zero-order chi connectivity index (χ0) is 33.8. The van der Waals surface area contributed by atoms with Gasteiger partial charge in [-0.2, -0.15) is 13.2 Å². The lowest BCUT2D eigenvalue weighted by atomic mass is 9.85. The van der Waals surface area contributed by atoms with Gasteiger partial charge in [0.2, 0.25) is 11.8 Å². The number of halogens is 3. The van der Waals surface area contributed by atoms with Gasteiger partial charge in [0.05, 0.1) is 24.7 Å². The second-order valence-electron chi connectivity index (χ2n) is 14.6. The van der Waals surface area contributed by atoms with Crippen molar-refractivity contribution in [3.8, 4) is 11.6 Å². The number of methoxy groups -OCH3 is 1. The first-order valence-electron chi connectivity index (χ1n) is 16.5. The number of ether oxygens (including phenoxy) is 3. The molecule has 0 radical (unpaired) electrons. The van der Waals surface area contributed by atoms with E-state index in [1.54, 1.807) is 39.0 Å². The number of aryl methyl sites for hydroxylation is 1. The fraction of sp³-hybridized carbons (Fsp3) is 0.676. The van der Waals surface area contributed by atoms with E-state index < -0.39 is 60.0 Å². The molecule has 10 nitrogen and oxygen atoms in total. The molecule has 1 saturated heterocycles. The molecule has 1 aromatic heterocycles. The highest BCUT2D eigenvalue weighted by Gasteiger charge is 2.61. The molecule has 47 heavy (non-hydrogen) atoms. The number of Topliss-reactive ketones (excluding diaryl/α,β-unsaturated/α-hetero) is 1.